The van der Waals surface area contributed by atoms with E-state index in [4.69, 9.17) is 9.83 Å². The minimum Gasteiger partial charge on any atom is -0.465 e. The lowest BCUT2D eigenvalue weighted by Crippen LogP contribution is -2.39. The number of urea groups is 1. The van der Waals surface area contributed by atoms with Gasteiger partial charge in [-0.1, -0.05) is 6.07 Å². The summed E-state index contributed by atoms with van der Waals surface area (Å²) < 4.78 is 9.97. The van der Waals surface area contributed by atoms with Crippen molar-refractivity contribution in [1.82, 2.24) is 0 Å². The summed E-state index contributed by atoms with van der Waals surface area (Å²) in [5.74, 6) is 0.443. The number of hydrogen-bond acceptors (Lipinski definition) is 6. The molecule has 4 rings (SSSR count). The Morgan fingerprint density at radius 3 is 2.63 bits per heavy atom. The van der Waals surface area contributed by atoms with Crippen molar-refractivity contribution in [2.75, 3.05) is 34.6 Å². The molecule has 0 saturated heterocycles. The van der Waals surface area contributed by atoms with Gasteiger partial charge in [0.1, 0.15) is 5.84 Å². The molecule has 2 heterocycles. The number of amides is 2. The summed E-state index contributed by atoms with van der Waals surface area (Å²) in [7, 11) is 1.30. The van der Waals surface area contributed by atoms with Crippen molar-refractivity contribution in [3.05, 3.63) is 72.0 Å². The number of fused-ring (bicyclic) bond motifs is 1. The molecule has 0 aliphatic carbocycles. The monoisotopic (exact) mass is 405 g/mol. The van der Waals surface area contributed by atoms with Gasteiger partial charge in [-0.3, -0.25) is 5.41 Å². The van der Waals surface area contributed by atoms with E-state index in [1.165, 1.54) is 13.2 Å². The van der Waals surface area contributed by atoms with Crippen molar-refractivity contribution < 1.29 is 18.7 Å². The Hall–Kier alpha value is -4.27. The van der Waals surface area contributed by atoms with E-state index in [9.17, 15) is 9.59 Å². The molecule has 0 spiro atoms. The molecule has 0 bridgehead atoms. The highest BCUT2D eigenvalue weighted by atomic mass is 16.5. The molecule has 0 fully saturated rings. The van der Waals surface area contributed by atoms with Crippen LogP contribution in [-0.4, -0.2) is 31.6 Å². The Morgan fingerprint density at radius 2 is 1.87 bits per heavy atom. The Kier molecular flexibility index (Phi) is 5.08. The van der Waals surface area contributed by atoms with Crippen LogP contribution in [0, 0.1) is 5.41 Å². The minimum atomic E-state index is -0.477. The topological polar surface area (TPSA) is 120 Å². The fourth-order valence-corrected chi connectivity index (χ4v) is 3.09. The van der Waals surface area contributed by atoms with Crippen LogP contribution in [0.25, 0.3) is 0 Å². The Bertz CT molecular complexity index is 1110. The number of nitrogens with zero attached hydrogens (tertiary/aromatic N) is 1. The minimum absolute atomic E-state index is 0.335. The summed E-state index contributed by atoms with van der Waals surface area (Å²) in [6.07, 6.45) is 1.54. The van der Waals surface area contributed by atoms with E-state index in [1.807, 2.05) is 12.1 Å². The third-order valence-electron chi connectivity index (χ3n) is 4.57. The Morgan fingerprint density at radius 1 is 1.10 bits per heavy atom. The molecule has 0 radical (unpaired) electrons. The SMILES string of the molecule is COC(=O)c1cccc(NC(=O)Nc2ccc(N3CNc4occc4C3=N)cc2)c1. The quantitative estimate of drug-likeness (QED) is 0.488. The van der Waals surface area contributed by atoms with Crippen LogP contribution in [-0.2, 0) is 4.74 Å². The van der Waals surface area contributed by atoms with Crippen LogP contribution >= 0.6 is 0 Å². The average molecular weight is 405 g/mol. The predicted octanol–water partition coefficient (Wildman–Crippen LogP) is 3.93. The Balaban J connectivity index is 1.40. The number of rotatable bonds is 4. The fourth-order valence-electron chi connectivity index (χ4n) is 3.09. The number of carbonyl (C=O) groups is 2. The molecule has 9 heteroatoms. The largest absolute Gasteiger partial charge is 0.465 e. The number of furan rings is 1. The molecule has 152 valence electrons. The molecule has 0 atom stereocenters. The molecular weight excluding hydrogens is 386 g/mol. The van der Waals surface area contributed by atoms with Gasteiger partial charge >= 0.3 is 12.0 Å². The second-order valence-corrected chi connectivity index (χ2v) is 6.47. The maximum absolute atomic E-state index is 12.3. The second-order valence-electron chi connectivity index (χ2n) is 6.47. The van der Waals surface area contributed by atoms with Gasteiger partial charge in [-0.2, -0.15) is 0 Å². The third kappa shape index (κ3) is 3.81. The Labute approximate surface area is 172 Å². The van der Waals surface area contributed by atoms with Crippen LogP contribution in [0.15, 0.2) is 65.3 Å². The van der Waals surface area contributed by atoms with Crippen molar-refractivity contribution in [3.63, 3.8) is 0 Å². The average Bonchev–Trinajstić information content (AvgIpc) is 3.24. The lowest BCUT2D eigenvalue weighted by molar-refractivity contribution is 0.0600. The number of ether oxygens (including phenoxy) is 1. The van der Waals surface area contributed by atoms with Gasteiger partial charge in [0.2, 0.25) is 5.88 Å². The van der Waals surface area contributed by atoms with Gasteiger partial charge in [-0.15, -0.1) is 0 Å². The summed E-state index contributed by atoms with van der Waals surface area (Å²) in [6, 6.07) is 14.9. The first kappa shape index (κ1) is 19.1. The molecule has 3 aromatic rings. The third-order valence-corrected chi connectivity index (χ3v) is 4.57. The van der Waals surface area contributed by atoms with E-state index >= 15 is 0 Å². The first-order valence-electron chi connectivity index (χ1n) is 9.09. The molecular formula is C21H19N5O4. The zero-order chi connectivity index (χ0) is 21.1. The van der Waals surface area contributed by atoms with E-state index in [0.29, 0.717) is 40.9 Å². The van der Waals surface area contributed by atoms with Gasteiger partial charge in [0.25, 0.3) is 0 Å². The van der Waals surface area contributed by atoms with Crippen LogP contribution in [0.3, 0.4) is 0 Å². The smallest absolute Gasteiger partial charge is 0.337 e. The molecule has 1 aliphatic rings. The van der Waals surface area contributed by atoms with Crippen molar-refractivity contribution >= 4 is 40.8 Å². The van der Waals surface area contributed by atoms with Crippen molar-refractivity contribution in [3.8, 4) is 0 Å². The van der Waals surface area contributed by atoms with E-state index in [-0.39, 0.29) is 0 Å². The molecule has 0 unspecified atom stereocenters. The van der Waals surface area contributed by atoms with Gasteiger partial charge in [0, 0.05) is 17.1 Å². The van der Waals surface area contributed by atoms with Crippen LogP contribution in [0.4, 0.5) is 27.7 Å². The first-order valence-corrected chi connectivity index (χ1v) is 9.09. The van der Waals surface area contributed by atoms with Crippen LogP contribution in [0.5, 0.6) is 0 Å². The normalized spacial score (nSPS) is 12.6. The summed E-state index contributed by atoms with van der Waals surface area (Å²) in [5, 5.41) is 16.9. The van der Waals surface area contributed by atoms with Crippen molar-refractivity contribution in [2.24, 2.45) is 0 Å². The van der Waals surface area contributed by atoms with Crippen LogP contribution < -0.4 is 20.9 Å². The zero-order valence-electron chi connectivity index (χ0n) is 16.1. The molecule has 2 aromatic carbocycles. The fraction of sp³-hybridized carbons (Fsp3) is 0.0952. The number of carbonyl (C=O) groups excluding carboxylic acids is 2. The van der Waals surface area contributed by atoms with Gasteiger partial charge < -0.3 is 30.0 Å². The first-order chi connectivity index (χ1) is 14.5. The van der Waals surface area contributed by atoms with E-state index in [1.54, 1.807) is 47.6 Å². The van der Waals surface area contributed by atoms with Gasteiger partial charge in [0.15, 0.2) is 0 Å². The van der Waals surface area contributed by atoms with Crippen LogP contribution in [0.1, 0.15) is 15.9 Å². The number of hydrogen-bond donors (Lipinski definition) is 4. The standard InChI is InChI=1S/C21H19N5O4/c1-29-20(27)13-3-2-4-15(11-13)25-21(28)24-14-5-7-16(8-6-14)26-12-23-19-17(18(26)22)9-10-30-19/h2-11,22-23H,12H2,1H3,(H2,24,25,28). The van der Waals surface area contributed by atoms with Gasteiger partial charge in [-0.25, -0.2) is 9.59 Å². The predicted molar refractivity (Wildman–Crippen MR) is 113 cm³/mol. The van der Waals surface area contributed by atoms with E-state index in [0.717, 1.165) is 5.69 Å². The number of esters is 1. The highest BCUT2D eigenvalue weighted by molar-refractivity contribution is 6.12. The maximum atomic E-state index is 12.3. The zero-order valence-corrected chi connectivity index (χ0v) is 16.1. The summed E-state index contributed by atoms with van der Waals surface area (Å²) in [4.78, 5) is 25.7. The van der Waals surface area contributed by atoms with Gasteiger partial charge in [0.05, 0.1) is 31.2 Å². The number of amidine groups is 1. The van der Waals surface area contributed by atoms with Crippen molar-refractivity contribution in [2.45, 2.75) is 0 Å². The number of methoxy groups -OCH3 is 1. The van der Waals surface area contributed by atoms with E-state index in [2.05, 4.69) is 20.7 Å². The molecule has 1 aromatic heterocycles. The lowest BCUT2D eigenvalue weighted by Gasteiger charge is -2.29. The summed E-state index contributed by atoms with van der Waals surface area (Å²) >= 11 is 0. The molecule has 2 amide bonds. The van der Waals surface area contributed by atoms with E-state index < -0.39 is 12.0 Å². The number of benzene rings is 2. The molecule has 30 heavy (non-hydrogen) atoms. The van der Waals surface area contributed by atoms with Crippen LogP contribution in [0.2, 0.25) is 0 Å². The maximum Gasteiger partial charge on any atom is 0.337 e. The lowest BCUT2D eigenvalue weighted by atomic mass is 10.2. The summed E-state index contributed by atoms with van der Waals surface area (Å²) in [6.45, 7) is 0.406. The number of anilines is 4. The highest BCUT2D eigenvalue weighted by Gasteiger charge is 2.24. The molecule has 4 N–H and O–H groups in total. The molecule has 0 saturated carbocycles. The number of nitrogens with one attached hydrogen (secondary N) is 4. The molecule has 1 aliphatic heterocycles. The van der Waals surface area contributed by atoms with Crippen molar-refractivity contribution in [1.29, 1.82) is 5.41 Å². The highest BCUT2D eigenvalue weighted by Crippen LogP contribution is 2.27. The van der Waals surface area contributed by atoms with Gasteiger partial charge in [-0.05, 0) is 48.5 Å². The summed E-state index contributed by atoms with van der Waals surface area (Å²) in [5.41, 5.74) is 2.89. The second kappa shape index (κ2) is 8.00. The molecule has 9 nitrogen and oxygen atoms in total.